The fourth-order valence-corrected chi connectivity index (χ4v) is 1.90. The highest BCUT2D eigenvalue weighted by molar-refractivity contribution is 5.89. The number of rotatable bonds is 4. The third-order valence-electron chi connectivity index (χ3n) is 2.89. The molecule has 1 heterocycles. The number of ether oxygens (including phenoxy) is 2. The lowest BCUT2D eigenvalue weighted by atomic mass is 10.1. The second kappa shape index (κ2) is 6.47. The van der Waals surface area contributed by atoms with Crippen LogP contribution in [0.15, 0.2) is 24.3 Å². The molecule has 0 N–H and O–H groups in total. The van der Waals surface area contributed by atoms with E-state index < -0.39 is 12.8 Å². The lowest BCUT2D eigenvalue weighted by Gasteiger charge is -2.26. The van der Waals surface area contributed by atoms with Crippen molar-refractivity contribution in [2.24, 2.45) is 0 Å². The zero-order chi connectivity index (χ0) is 12.8. The van der Waals surface area contributed by atoms with E-state index in [1.165, 1.54) is 0 Å². The van der Waals surface area contributed by atoms with Crippen LogP contribution in [0.25, 0.3) is 0 Å². The molecule has 0 atom stereocenters. The van der Waals surface area contributed by atoms with E-state index in [0.717, 1.165) is 38.4 Å². The number of hydrogen-bond donors (Lipinski definition) is 0. The number of morpholine rings is 1. The number of nitrogens with zero attached hydrogens (tertiary/aromatic N) is 1. The van der Waals surface area contributed by atoms with E-state index in [9.17, 15) is 9.18 Å². The normalized spacial score (nSPS) is 16.5. The second-order valence-corrected chi connectivity index (χ2v) is 4.13. The van der Waals surface area contributed by atoms with Gasteiger partial charge in [-0.05, 0) is 17.7 Å². The number of carbonyl (C=O) groups excluding carboxylic acids is 1. The Morgan fingerprint density at radius 3 is 2.56 bits per heavy atom. The molecule has 18 heavy (non-hydrogen) atoms. The molecule has 1 aliphatic heterocycles. The van der Waals surface area contributed by atoms with Gasteiger partial charge in [0.05, 0.1) is 18.8 Å². The maximum absolute atomic E-state index is 11.9. The average molecular weight is 253 g/mol. The number of hydrogen-bond acceptors (Lipinski definition) is 4. The summed E-state index contributed by atoms with van der Waals surface area (Å²) in [6.07, 6.45) is 0. The van der Waals surface area contributed by atoms with Crippen molar-refractivity contribution in [2.45, 2.75) is 6.54 Å². The van der Waals surface area contributed by atoms with E-state index in [1.807, 2.05) is 12.1 Å². The Labute approximate surface area is 105 Å². The summed E-state index contributed by atoms with van der Waals surface area (Å²) in [4.78, 5) is 13.5. The first-order valence-corrected chi connectivity index (χ1v) is 5.92. The fraction of sp³-hybridized carbons (Fsp3) is 0.462. The van der Waals surface area contributed by atoms with Gasteiger partial charge in [-0.25, -0.2) is 9.18 Å². The Morgan fingerprint density at radius 2 is 1.94 bits per heavy atom. The second-order valence-electron chi connectivity index (χ2n) is 4.13. The van der Waals surface area contributed by atoms with Crippen LogP contribution in [0, 0.1) is 0 Å². The molecule has 1 aromatic rings. The van der Waals surface area contributed by atoms with Gasteiger partial charge < -0.3 is 9.47 Å². The minimum Gasteiger partial charge on any atom is -0.430 e. The van der Waals surface area contributed by atoms with Crippen LogP contribution in [0.5, 0.6) is 0 Å². The predicted octanol–water partition coefficient (Wildman–Crippen LogP) is 1.60. The Morgan fingerprint density at radius 1 is 1.28 bits per heavy atom. The first-order chi connectivity index (χ1) is 8.79. The molecule has 5 heteroatoms. The zero-order valence-electron chi connectivity index (χ0n) is 10.1. The number of benzene rings is 1. The number of esters is 1. The Bertz CT molecular complexity index is 388. The molecular formula is C13H16FNO3. The van der Waals surface area contributed by atoms with Gasteiger partial charge >= 0.3 is 5.97 Å². The first kappa shape index (κ1) is 13.0. The summed E-state index contributed by atoms with van der Waals surface area (Å²) in [5.41, 5.74) is 1.49. The molecular weight excluding hydrogens is 237 g/mol. The number of alkyl halides is 1. The van der Waals surface area contributed by atoms with Crippen LogP contribution in [0.3, 0.4) is 0 Å². The Balaban J connectivity index is 1.92. The lowest BCUT2D eigenvalue weighted by molar-refractivity contribution is 0.0324. The third kappa shape index (κ3) is 3.51. The third-order valence-corrected chi connectivity index (χ3v) is 2.89. The van der Waals surface area contributed by atoms with Crippen molar-refractivity contribution in [3.05, 3.63) is 35.4 Å². The maximum Gasteiger partial charge on any atom is 0.340 e. The molecule has 0 aliphatic carbocycles. The monoisotopic (exact) mass is 253 g/mol. The Hall–Kier alpha value is -1.46. The summed E-state index contributed by atoms with van der Waals surface area (Å²) in [6.45, 7) is 3.12. The summed E-state index contributed by atoms with van der Waals surface area (Å²) in [6, 6.07) is 7.05. The molecule has 0 saturated carbocycles. The van der Waals surface area contributed by atoms with Crippen molar-refractivity contribution in [2.75, 3.05) is 33.2 Å². The van der Waals surface area contributed by atoms with E-state index in [2.05, 4.69) is 9.64 Å². The van der Waals surface area contributed by atoms with Gasteiger partial charge in [-0.15, -0.1) is 0 Å². The minimum absolute atomic E-state index is 0.373. The standard InChI is InChI=1S/C13H16FNO3/c14-10-18-13(16)12-3-1-11(2-4-12)9-15-5-7-17-8-6-15/h1-4H,5-10H2. The summed E-state index contributed by atoms with van der Waals surface area (Å²) in [5.74, 6) is -0.629. The molecule has 1 saturated heterocycles. The Kier molecular flexibility index (Phi) is 4.66. The van der Waals surface area contributed by atoms with Crippen molar-refractivity contribution >= 4 is 5.97 Å². The van der Waals surface area contributed by atoms with Gasteiger partial charge in [0.15, 0.2) is 0 Å². The summed E-state index contributed by atoms with van der Waals surface area (Å²) >= 11 is 0. The van der Waals surface area contributed by atoms with Crippen molar-refractivity contribution in [1.29, 1.82) is 0 Å². The van der Waals surface area contributed by atoms with Gasteiger partial charge in [-0.1, -0.05) is 12.1 Å². The van der Waals surface area contributed by atoms with Crippen LogP contribution < -0.4 is 0 Å². The number of carbonyl (C=O) groups is 1. The topological polar surface area (TPSA) is 38.8 Å². The quantitative estimate of drug-likeness (QED) is 0.764. The number of halogens is 1. The van der Waals surface area contributed by atoms with Crippen LogP contribution in [-0.4, -0.2) is 44.0 Å². The van der Waals surface area contributed by atoms with Crippen LogP contribution in [0.2, 0.25) is 0 Å². The molecule has 1 aliphatic rings. The average Bonchev–Trinajstić information content (AvgIpc) is 2.41. The van der Waals surface area contributed by atoms with Crippen LogP contribution in [-0.2, 0) is 16.0 Å². The predicted molar refractivity (Wildman–Crippen MR) is 63.9 cm³/mol. The van der Waals surface area contributed by atoms with Gasteiger partial charge in [-0.3, -0.25) is 4.90 Å². The van der Waals surface area contributed by atoms with E-state index in [1.54, 1.807) is 12.1 Å². The fourth-order valence-electron chi connectivity index (χ4n) is 1.90. The zero-order valence-corrected chi connectivity index (χ0v) is 10.1. The molecule has 1 fully saturated rings. The molecule has 0 bridgehead atoms. The van der Waals surface area contributed by atoms with Gasteiger partial charge in [0, 0.05) is 19.6 Å². The summed E-state index contributed by atoms with van der Waals surface area (Å²) < 4.78 is 21.4. The molecule has 98 valence electrons. The van der Waals surface area contributed by atoms with Crippen LogP contribution in [0.4, 0.5) is 4.39 Å². The molecule has 0 aromatic heterocycles. The van der Waals surface area contributed by atoms with E-state index >= 15 is 0 Å². The van der Waals surface area contributed by atoms with E-state index in [-0.39, 0.29) is 0 Å². The summed E-state index contributed by atoms with van der Waals surface area (Å²) in [7, 11) is 0. The minimum atomic E-state index is -1.09. The van der Waals surface area contributed by atoms with Gasteiger partial charge in [0.2, 0.25) is 6.86 Å². The smallest absolute Gasteiger partial charge is 0.340 e. The molecule has 0 radical (unpaired) electrons. The van der Waals surface area contributed by atoms with E-state index in [0.29, 0.717) is 5.56 Å². The van der Waals surface area contributed by atoms with Gasteiger partial charge in [0.1, 0.15) is 0 Å². The highest BCUT2D eigenvalue weighted by atomic mass is 19.1. The van der Waals surface area contributed by atoms with E-state index in [4.69, 9.17) is 4.74 Å². The SMILES string of the molecule is O=C(OCF)c1ccc(CN2CCOCC2)cc1. The van der Waals surface area contributed by atoms with Gasteiger partial charge in [-0.2, -0.15) is 0 Å². The highest BCUT2D eigenvalue weighted by Crippen LogP contribution is 2.10. The molecule has 4 nitrogen and oxygen atoms in total. The maximum atomic E-state index is 11.9. The van der Waals surface area contributed by atoms with Crippen molar-refractivity contribution in [1.82, 2.24) is 4.90 Å². The first-order valence-electron chi connectivity index (χ1n) is 5.92. The van der Waals surface area contributed by atoms with Crippen LogP contribution in [0.1, 0.15) is 15.9 Å². The highest BCUT2D eigenvalue weighted by Gasteiger charge is 2.11. The van der Waals surface area contributed by atoms with Gasteiger partial charge in [0.25, 0.3) is 0 Å². The lowest BCUT2D eigenvalue weighted by Crippen LogP contribution is -2.35. The molecule has 2 rings (SSSR count). The van der Waals surface area contributed by atoms with Crippen LogP contribution >= 0.6 is 0 Å². The van der Waals surface area contributed by atoms with Crippen molar-refractivity contribution in [3.63, 3.8) is 0 Å². The molecule has 0 spiro atoms. The molecule has 1 aromatic carbocycles. The van der Waals surface area contributed by atoms with Crippen molar-refractivity contribution < 1.29 is 18.7 Å². The van der Waals surface area contributed by atoms with Crippen molar-refractivity contribution in [3.8, 4) is 0 Å². The molecule has 0 amide bonds. The largest absolute Gasteiger partial charge is 0.430 e. The summed E-state index contributed by atoms with van der Waals surface area (Å²) in [5, 5.41) is 0. The molecule has 0 unspecified atom stereocenters.